The van der Waals surface area contributed by atoms with Crippen LogP contribution in [0.1, 0.15) is 13.8 Å². The molecule has 0 aromatic rings. The Morgan fingerprint density at radius 3 is 2.23 bits per heavy atom. The van der Waals surface area contributed by atoms with Crippen LogP contribution in [-0.2, 0) is 9.53 Å². The first-order valence-electron chi connectivity index (χ1n) is 3.80. The summed E-state index contributed by atoms with van der Waals surface area (Å²) in [6, 6.07) is 0. The van der Waals surface area contributed by atoms with Crippen molar-refractivity contribution in [1.82, 2.24) is 4.90 Å². The number of rotatable bonds is 2. The van der Waals surface area contributed by atoms with Gasteiger partial charge in [-0.15, -0.1) is 0 Å². The Morgan fingerprint density at radius 1 is 1.46 bits per heavy atom. The Labute approximate surface area is 88.8 Å². The highest BCUT2D eigenvalue weighted by molar-refractivity contribution is 8.24. The van der Waals surface area contributed by atoms with Crippen molar-refractivity contribution in [3.63, 3.8) is 0 Å². The molecule has 76 valence electrons. The number of hydrogen-bond donors (Lipinski definition) is 0. The first kappa shape index (κ1) is 12.7. The van der Waals surface area contributed by atoms with Crippen LogP contribution in [0.2, 0.25) is 0 Å². The topological polar surface area (TPSA) is 29.5 Å². The number of methoxy groups -OCH3 is 1. The summed E-state index contributed by atoms with van der Waals surface area (Å²) in [4.78, 5) is 13.1. The van der Waals surface area contributed by atoms with Crippen LogP contribution in [0.3, 0.4) is 0 Å². The number of esters is 1. The quantitative estimate of drug-likeness (QED) is 0.521. The highest BCUT2D eigenvalue weighted by Gasteiger charge is 2.31. The van der Waals surface area contributed by atoms with Gasteiger partial charge in [-0.2, -0.15) is 0 Å². The largest absolute Gasteiger partial charge is 0.468 e. The fourth-order valence-electron chi connectivity index (χ4n) is 0.597. The van der Waals surface area contributed by atoms with Crippen molar-refractivity contribution >= 4 is 34.3 Å². The summed E-state index contributed by atoms with van der Waals surface area (Å²) < 4.78 is 4.72. The molecule has 0 amide bonds. The molecule has 13 heavy (non-hydrogen) atoms. The average molecular weight is 221 g/mol. The molecule has 0 fully saturated rings. The van der Waals surface area contributed by atoms with E-state index in [4.69, 9.17) is 12.2 Å². The molecule has 0 saturated heterocycles. The molecule has 0 aliphatic heterocycles. The van der Waals surface area contributed by atoms with Crippen molar-refractivity contribution in [2.45, 2.75) is 18.6 Å². The maximum absolute atomic E-state index is 11.3. The highest BCUT2D eigenvalue weighted by Crippen LogP contribution is 2.27. The number of carbonyl (C=O) groups is 1. The van der Waals surface area contributed by atoms with Crippen molar-refractivity contribution in [3.05, 3.63) is 0 Å². The van der Waals surface area contributed by atoms with Gasteiger partial charge in [0.05, 0.1) is 7.11 Å². The third kappa shape index (κ3) is 3.95. The lowest BCUT2D eigenvalue weighted by atomic mass is 10.2. The van der Waals surface area contributed by atoms with Gasteiger partial charge in [0.25, 0.3) is 0 Å². The number of nitrogens with zero attached hydrogens (tertiary/aromatic N) is 1. The van der Waals surface area contributed by atoms with E-state index in [9.17, 15) is 4.79 Å². The standard InChI is InChI=1S/C8H15NO2S2/c1-8(2,6(10)11-5)13-7(12)9(3)4/h1-5H3. The molecule has 0 aliphatic carbocycles. The van der Waals surface area contributed by atoms with E-state index in [0.717, 1.165) is 0 Å². The van der Waals surface area contributed by atoms with Gasteiger partial charge >= 0.3 is 5.97 Å². The zero-order chi connectivity index (χ0) is 10.6. The summed E-state index contributed by atoms with van der Waals surface area (Å²) >= 11 is 6.40. The van der Waals surface area contributed by atoms with Crippen LogP contribution < -0.4 is 0 Å². The van der Waals surface area contributed by atoms with Gasteiger partial charge in [0.15, 0.2) is 0 Å². The van der Waals surface area contributed by atoms with E-state index >= 15 is 0 Å². The first-order chi connectivity index (χ1) is 5.81. The van der Waals surface area contributed by atoms with Gasteiger partial charge in [0.1, 0.15) is 9.07 Å². The van der Waals surface area contributed by atoms with Crippen LogP contribution >= 0.6 is 24.0 Å². The predicted octanol–water partition coefficient (Wildman–Crippen LogP) is 1.52. The molecule has 0 unspecified atom stereocenters. The summed E-state index contributed by atoms with van der Waals surface area (Å²) in [5, 5.41) is 0. The van der Waals surface area contributed by atoms with Crippen LogP contribution in [0.15, 0.2) is 0 Å². The van der Waals surface area contributed by atoms with Crippen LogP contribution in [0, 0.1) is 0 Å². The Morgan fingerprint density at radius 2 is 1.92 bits per heavy atom. The lowest BCUT2D eigenvalue weighted by Crippen LogP contribution is -2.33. The van der Waals surface area contributed by atoms with Crippen LogP contribution in [0.5, 0.6) is 0 Å². The summed E-state index contributed by atoms with van der Waals surface area (Å²) in [6.45, 7) is 3.58. The Balaban J connectivity index is 4.33. The van der Waals surface area contributed by atoms with E-state index in [1.165, 1.54) is 18.9 Å². The van der Waals surface area contributed by atoms with E-state index < -0.39 is 4.75 Å². The SMILES string of the molecule is COC(=O)C(C)(C)SC(=S)N(C)C. The monoisotopic (exact) mass is 221 g/mol. The minimum atomic E-state index is -0.615. The van der Waals surface area contributed by atoms with E-state index in [1.54, 1.807) is 18.7 Å². The minimum absolute atomic E-state index is 0.262. The Bertz CT molecular complexity index is 214. The molecule has 0 radical (unpaired) electrons. The molecule has 0 N–H and O–H groups in total. The van der Waals surface area contributed by atoms with Crippen molar-refractivity contribution in [1.29, 1.82) is 0 Å². The van der Waals surface area contributed by atoms with Gasteiger partial charge in [-0.05, 0) is 13.8 Å². The molecule has 0 heterocycles. The zero-order valence-corrected chi connectivity index (χ0v) is 10.2. The zero-order valence-electron chi connectivity index (χ0n) is 8.58. The number of carbonyl (C=O) groups excluding carboxylic acids is 1. The third-order valence-electron chi connectivity index (χ3n) is 1.38. The van der Waals surface area contributed by atoms with Gasteiger partial charge in [0, 0.05) is 14.1 Å². The second-order valence-electron chi connectivity index (χ2n) is 3.26. The Kier molecular flexibility index (Phi) is 4.70. The van der Waals surface area contributed by atoms with Gasteiger partial charge in [-0.3, -0.25) is 4.79 Å². The molecule has 0 rings (SSSR count). The van der Waals surface area contributed by atoms with Crippen molar-refractivity contribution in [2.24, 2.45) is 0 Å². The second kappa shape index (κ2) is 4.81. The van der Waals surface area contributed by atoms with E-state index in [0.29, 0.717) is 4.32 Å². The molecular weight excluding hydrogens is 206 g/mol. The number of thiocarbonyl (C=S) groups is 1. The fourth-order valence-corrected chi connectivity index (χ4v) is 2.01. The molecule has 0 aromatic carbocycles. The molecule has 0 spiro atoms. The molecule has 3 nitrogen and oxygen atoms in total. The van der Waals surface area contributed by atoms with Gasteiger partial charge in [0.2, 0.25) is 0 Å². The van der Waals surface area contributed by atoms with Crippen molar-refractivity contribution < 1.29 is 9.53 Å². The van der Waals surface area contributed by atoms with Crippen LogP contribution in [0.25, 0.3) is 0 Å². The first-order valence-corrected chi connectivity index (χ1v) is 5.02. The number of hydrogen-bond acceptors (Lipinski definition) is 4. The lowest BCUT2D eigenvalue weighted by Gasteiger charge is -2.23. The molecule has 5 heteroatoms. The summed E-state index contributed by atoms with van der Waals surface area (Å²) in [5.41, 5.74) is 0. The van der Waals surface area contributed by atoms with E-state index in [-0.39, 0.29) is 5.97 Å². The number of ether oxygens (including phenoxy) is 1. The summed E-state index contributed by atoms with van der Waals surface area (Å²) in [5.74, 6) is -0.262. The molecule has 0 saturated carbocycles. The normalized spacial score (nSPS) is 10.8. The average Bonchev–Trinajstić information content (AvgIpc) is 2.01. The highest BCUT2D eigenvalue weighted by atomic mass is 32.2. The fraction of sp³-hybridized carbons (Fsp3) is 0.750. The summed E-state index contributed by atoms with van der Waals surface area (Å²) in [7, 11) is 5.08. The Hall–Kier alpha value is -0.290. The molecule has 0 aliphatic rings. The van der Waals surface area contributed by atoms with Gasteiger partial charge in [-0.1, -0.05) is 24.0 Å². The number of thioether (sulfide) groups is 1. The maximum atomic E-state index is 11.3. The molecule has 0 bridgehead atoms. The molecular formula is C8H15NO2S2. The third-order valence-corrected chi connectivity index (χ3v) is 3.22. The second-order valence-corrected chi connectivity index (χ2v) is 5.52. The molecule has 0 atom stereocenters. The van der Waals surface area contributed by atoms with Crippen molar-refractivity contribution in [2.75, 3.05) is 21.2 Å². The lowest BCUT2D eigenvalue weighted by molar-refractivity contribution is -0.142. The van der Waals surface area contributed by atoms with Crippen LogP contribution in [-0.4, -0.2) is 41.1 Å². The predicted molar refractivity (Wildman–Crippen MR) is 60.0 cm³/mol. The van der Waals surface area contributed by atoms with Gasteiger partial charge in [-0.25, -0.2) is 0 Å². The van der Waals surface area contributed by atoms with Gasteiger partial charge < -0.3 is 9.64 Å². The van der Waals surface area contributed by atoms with Crippen molar-refractivity contribution in [3.8, 4) is 0 Å². The van der Waals surface area contributed by atoms with Crippen LogP contribution in [0.4, 0.5) is 0 Å². The maximum Gasteiger partial charge on any atom is 0.321 e. The van der Waals surface area contributed by atoms with E-state index in [1.807, 2.05) is 14.1 Å². The minimum Gasteiger partial charge on any atom is -0.468 e. The van der Waals surface area contributed by atoms with E-state index in [2.05, 4.69) is 4.74 Å². The smallest absolute Gasteiger partial charge is 0.321 e. The molecule has 0 aromatic heterocycles. The summed E-state index contributed by atoms with van der Waals surface area (Å²) in [6.07, 6.45) is 0.